The first kappa shape index (κ1) is 23.5. The first-order chi connectivity index (χ1) is 12.9. The Labute approximate surface area is 177 Å². The van der Waals surface area contributed by atoms with Crippen molar-refractivity contribution in [3.8, 4) is 0 Å². The standard InChI is InChI=1S/C20H30N6.Pt/c1(3-5-7-9-11-21-17-19-23-13-14-24-19)2-4-6-8-10-12-22-18-20-25-15-16-26-20;/h13-18H,1-12H2;/q-2;+2. The number of nitrogens with zero attached hydrogens (tertiary/aromatic N) is 6. The first-order valence-corrected chi connectivity index (χ1v) is 9.82. The maximum atomic E-state index is 4.35. The summed E-state index contributed by atoms with van der Waals surface area (Å²) in [5.41, 5.74) is 0. The monoisotopic (exact) mass is 549 g/mol. The molecule has 0 aromatic carbocycles. The van der Waals surface area contributed by atoms with E-state index in [0.717, 1.165) is 25.9 Å². The van der Waals surface area contributed by atoms with Crippen LogP contribution in [0.1, 0.15) is 75.9 Å². The van der Waals surface area contributed by atoms with E-state index in [-0.39, 0.29) is 21.1 Å². The molecule has 0 radical (unpaired) electrons. The van der Waals surface area contributed by atoms with Crippen molar-refractivity contribution in [2.45, 2.75) is 64.2 Å². The van der Waals surface area contributed by atoms with Crippen LogP contribution in [0.2, 0.25) is 0 Å². The Bertz CT molecular complexity index is 538. The fourth-order valence-electron chi connectivity index (χ4n) is 2.75. The van der Waals surface area contributed by atoms with Crippen molar-refractivity contribution in [2.75, 3.05) is 13.1 Å². The Hall–Kier alpha value is -1.55. The van der Waals surface area contributed by atoms with Crippen molar-refractivity contribution < 1.29 is 21.1 Å². The fraction of sp³-hybridized carbons (Fsp3) is 0.600. The average Bonchev–Trinajstić information content (AvgIpc) is 3.35. The summed E-state index contributed by atoms with van der Waals surface area (Å²) in [7, 11) is 0. The normalized spacial score (nSPS) is 11.4. The van der Waals surface area contributed by atoms with Gasteiger partial charge in [-0.05, 0) is 24.5 Å². The summed E-state index contributed by atoms with van der Waals surface area (Å²) in [5.74, 6) is 1.43. The molecule has 0 unspecified atom stereocenters. The van der Waals surface area contributed by atoms with Gasteiger partial charge in [-0.15, -0.1) is 0 Å². The van der Waals surface area contributed by atoms with Crippen molar-refractivity contribution in [3.05, 3.63) is 36.4 Å². The third kappa shape index (κ3) is 12.5. The Morgan fingerprint density at radius 3 is 1.33 bits per heavy atom. The zero-order valence-electron chi connectivity index (χ0n) is 15.9. The number of aliphatic imine (C=N–C) groups is 2. The first-order valence-electron chi connectivity index (χ1n) is 9.82. The van der Waals surface area contributed by atoms with Crippen molar-refractivity contribution in [3.63, 3.8) is 0 Å². The van der Waals surface area contributed by atoms with Gasteiger partial charge in [-0.25, -0.2) is 0 Å². The van der Waals surface area contributed by atoms with Gasteiger partial charge in [0.25, 0.3) is 0 Å². The largest absolute Gasteiger partial charge is 2.00 e. The fourth-order valence-corrected chi connectivity index (χ4v) is 2.75. The second-order valence-electron chi connectivity index (χ2n) is 6.44. The Morgan fingerprint density at radius 1 is 0.630 bits per heavy atom. The van der Waals surface area contributed by atoms with E-state index < -0.39 is 0 Å². The van der Waals surface area contributed by atoms with Gasteiger partial charge < -0.3 is 19.9 Å². The molecule has 7 heteroatoms. The molecule has 0 aliphatic rings. The van der Waals surface area contributed by atoms with Crippen molar-refractivity contribution in [2.24, 2.45) is 9.98 Å². The van der Waals surface area contributed by atoms with Gasteiger partial charge in [0.2, 0.25) is 0 Å². The van der Waals surface area contributed by atoms with E-state index in [1.807, 2.05) is 0 Å². The van der Waals surface area contributed by atoms with Crippen LogP contribution in [-0.2, 0) is 21.1 Å². The number of unbranched alkanes of at least 4 members (excludes halogenated alkanes) is 9. The van der Waals surface area contributed by atoms with Gasteiger partial charge in [0.1, 0.15) is 0 Å². The van der Waals surface area contributed by atoms with Gasteiger partial charge in [-0.3, -0.25) is 9.98 Å². The van der Waals surface area contributed by atoms with Gasteiger partial charge >= 0.3 is 21.1 Å². The van der Waals surface area contributed by atoms with E-state index in [2.05, 4.69) is 29.9 Å². The van der Waals surface area contributed by atoms with E-state index in [0.29, 0.717) is 11.6 Å². The molecule has 0 amide bonds. The van der Waals surface area contributed by atoms with Gasteiger partial charge in [0, 0.05) is 25.5 Å². The van der Waals surface area contributed by atoms with Crippen molar-refractivity contribution in [1.82, 2.24) is 19.9 Å². The smallest absolute Gasteiger partial charge is 0.442 e. The quantitative estimate of drug-likeness (QED) is 0.250. The number of rotatable bonds is 15. The van der Waals surface area contributed by atoms with Crippen LogP contribution in [0.25, 0.3) is 0 Å². The molecule has 0 aliphatic heterocycles. The number of imidazole rings is 2. The van der Waals surface area contributed by atoms with E-state index in [4.69, 9.17) is 0 Å². The molecular formula is C20H30N6Pt. The topological polar surface area (TPSA) is 78.7 Å². The summed E-state index contributed by atoms with van der Waals surface area (Å²) in [6.07, 6.45) is 23.2. The van der Waals surface area contributed by atoms with Crippen LogP contribution in [0.3, 0.4) is 0 Å². The van der Waals surface area contributed by atoms with Crippen LogP contribution in [0.15, 0.2) is 34.8 Å². The Balaban J connectivity index is 0.00000364. The molecule has 2 rings (SSSR count). The molecule has 0 spiro atoms. The van der Waals surface area contributed by atoms with E-state index in [1.54, 1.807) is 37.2 Å². The summed E-state index contributed by atoms with van der Waals surface area (Å²) < 4.78 is 0. The molecular weight excluding hydrogens is 519 g/mol. The second-order valence-corrected chi connectivity index (χ2v) is 6.44. The van der Waals surface area contributed by atoms with E-state index in [1.165, 1.54) is 51.4 Å². The number of hydrogen-bond acceptors (Lipinski definition) is 4. The summed E-state index contributed by atoms with van der Waals surface area (Å²) in [6.45, 7) is 1.77. The van der Waals surface area contributed by atoms with Crippen LogP contribution in [0, 0.1) is 0 Å². The van der Waals surface area contributed by atoms with Gasteiger partial charge in [-0.2, -0.15) is 0 Å². The predicted octanol–water partition coefficient (Wildman–Crippen LogP) is 3.83. The third-order valence-corrected chi connectivity index (χ3v) is 4.20. The summed E-state index contributed by atoms with van der Waals surface area (Å²) in [5, 5.41) is 0. The van der Waals surface area contributed by atoms with Crippen molar-refractivity contribution >= 4 is 12.4 Å². The zero-order chi connectivity index (χ0) is 18.1. The zero-order valence-corrected chi connectivity index (χ0v) is 18.2. The molecule has 150 valence electrons. The van der Waals surface area contributed by atoms with Gasteiger partial charge in [0.15, 0.2) is 0 Å². The predicted molar refractivity (Wildman–Crippen MR) is 106 cm³/mol. The van der Waals surface area contributed by atoms with Gasteiger partial charge in [0.05, 0.1) is 0 Å². The molecule has 2 heterocycles. The molecule has 27 heavy (non-hydrogen) atoms. The molecule has 0 saturated heterocycles. The molecule has 0 bridgehead atoms. The molecule has 0 N–H and O–H groups in total. The van der Waals surface area contributed by atoms with Crippen LogP contribution in [-0.4, -0.2) is 35.5 Å². The Kier molecular flexibility index (Phi) is 14.4. The van der Waals surface area contributed by atoms with Crippen LogP contribution >= 0.6 is 0 Å². The van der Waals surface area contributed by atoms with E-state index in [9.17, 15) is 0 Å². The van der Waals surface area contributed by atoms with Crippen LogP contribution < -0.4 is 9.97 Å². The van der Waals surface area contributed by atoms with Crippen molar-refractivity contribution in [1.29, 1.82) is 0 Å². The molecule has 0 aliphatic carbocycles. The summed E-state index contributed by atoms with van der Waals surface area (Å²) >= 11 is 0. The Morgan fingerprint density at radius 2 is 1.00 bits per heavy atom. The van der Waals surface area contributed by atoms with E-state index >= 15 is 0 Å². The maximum absolute atomic E-state index is 4.35. The minimum atomic E-state index is 0. The minimum Gasteiger partial charge on any atom is -0.442 e. The maximum Gasteiger partial charge on any atom is 2.00 e. The molecule has 0 saturated carbocycles. The SMILES string of the molecule is C(=NCCCCCCCCCCCCN=Cc1ncc[n-]1)c1ncc[n-]1.[Pt+2]. The molecule has 2 aromatic rings. The minimum absolute atomic E-state index is 0. The molecule has 6 nitrogen and oxygen atoms in total. The second kappa shape index (κ2) is 16.6. The van der Waals surface area contributed by atoms with Gasteiger partial charge in [-0.1, -0.05) is 76.2 Å². The summed E-state index contributed by atoms with van der Waals surface area (Å²) in [4.78, 5) is 24.9. The molecule has 2 aromatic heterocycles. The number of hydrogen-bond donors (Lipinski definition) is 0. The molecule has 0 fully saturated rings. The molecule has 0 atom stereocenters. The van der Waals surface area contributed by atoms with Crippen LogP contribution in [0.4, 0.5) is 0 Å². The number of aromatic nitrogens is 4. The third-order valence-electron chi connectivity index (χ3n) is 4.20. The summed E-state index contributed by atoms with van der Waals surface area (Å²) in [6, 6.07) is 0. The average molecular weight is 550 g/mol. The van der Waals surface area contributed by atoms with Crippen LogP contribution in [0.5, 0.6) is 0 Å².